The molecule has 0 aliphatic carbocycles. The van der Waals surface area contributed by atoms with Gasteiger partial charge in [0.1, 0.15) is 5.82 Å². The van der Waals surface area contributed by atoms with Crippen LogP contribution in [0.4, 0.5) is 5.82 Å². The van der Waals surface area contributed by atoms with E-state index in [4.69, 9.17) is 9.47 Å². The number of benzene rings is 2. The number of carbonyl (C=O) groups excluding carboxylic acids is 1. The molecule has 6 heteroatoms. The third-order valence-electron chi connectivity index (χ3n) is 5.07. The third kappa shape index (κ3) is 3.58. The van der Waals surface area contributed by atoms with Gasteiger partial charge in [0.25, 0.3) is 0 Å². The summed E-state index contributed by atoms with van der Waals surface area (Å²) in [4.78, 5) is 12.1. The lowest BCUT2D eigenvalue weighted by Gasteiger charge is -2.24. The molecule has 0 saturated carbocycles. The van der Waals surface area contributed by atoms with Crippen LogP contribution in [0.3, 0.4) is 0 Å². The first-order valence-electron chi connectivity index (χ1n) is 9.32. The van der Waals surface area contributed by atoms with Crippen LogP contribution in [0.25, 0.3) is 0 Å². The number of fused-ring (bicyclic) bond motifs is 1. The number of rotatable bonds is 6. The zero-order valence-corrected chi connectivity index (χ0v) is 16.0. The van der Waals surface area contributed by atoms with Crippen LogP contribution < -0.4 is 14.8 Å². The van der Waals surface area contributed by atoms with Gasteiger partial charge in [-0.25, -0.2) is 0 Å². The topological polar surface area (TPSA) is 65.4 Å². The van der Waals surface area contributed by atoms with Crippen molar-refractivity contribution < 1.29 is 14.3 Å². The van der Waals surface area contributed by atoms with Crippen LogP contribution in [0.1, 0.15) is 29.0 Å². The van der Waals surface area contributed by atoms with Crippen molar-refractivity contribution in [3.63, 3.8) is 0 Å². The maximum absolute atomic E-state index is 12.1. The van der Waals surface area contributed by atoms with Gasteiger partial charge >= 0.3 is 0 Å². The van der Waals surface area contributed by atoms with Crippen molar-refractivity contribution in [1.29, 1.82) is 0 Å². The lowest BCUT2D eigenvalue weighted by atomic mass is 9.87. The largest absolute Gasteiger partial charge is 0.493 e. The first kappa shape index (κ1) is 18.1. The smallest absolute Gasteiger partial charge is 0.226 e. The molecule has 0 fully saturated rings. The van der Waals surface area contributed by atoms with Crippen molar-refractivity contribution in [2.24, 2.45) is 7.05 Å². The average Bonchev–Trinajstić information content (AvgIpc) is 3.09. The van der Waals surface area contributed by atoms with Gasteiger partial charge in [0.2, 0.25) is 5.91 Å². The summed E-state index contributed by atoms with van der Waals surface area (Å²) < 4.78 is 13.2. The quantitative estimate of drug-likeness (QED) is 0.714. The molecule has 0 unspecified atom stereocenters. The summed E-state index contributed by atoms with van der Waals surface area (Å²) >= 11 is 0. The average molecular weight is 377 g/mol. The maximum Gasteiger partial charge on any atom is 0.226 e. The predicted molar refractivity (Wildman–Crippen MR) is 107 cm³/mol. The number of hydrogen-bond acceptors (Lipinski definition) is 4. The van der Waals surface area contributed by atoms with E-state index >= 15 is 0 Å². The molecule has 1 aromatic heterocycles. The molecule has 1 atom stereocenters. The summed E-state index contributed by atoms with van der Waals surface area (Å²) in [5.74, 6) is 2.06. The van der Waals surface area contributed by atoms with Crippen LogP contribution in [0.2, 0.25) is 0 Å². The second-order valence-corrected chi connectivity index (χ2v) is 6.87. The van der Waals surface area contributed by atoms with E-state index in [1.165, 1.54) is 5.56 Å². The van der Waals surface area contributed by atoms with Crippen LogP contribution in [0.5, 0.6) is 11.5 Å². The van der Waals surface area contributed by atoms with Gasteiger partial charge < -0.3 is 14.8 Å². The van der Waals surface area contributed by atoms with Crippen molar-refractivity contribution in [3.8, 4) is 11.5 Å². The molecule has 3 aromatic rings. The number of carbonyl (C=O) groups is 1. The van der Waals surface area contributed by atoms with E-state index in [-0.39, 0.29) is 11.8 Å². The number of ether oxygens (including phenoxy) is 2. The Balaban J connectivity index is 1.53. The molecule has 1 aliphatic heterocycles. The fourth-order valence-corrected chi connectivity index (χ4v) is 3.58. The maximum atomic E-state index is 12.1. The number of aryl methyl sites for hydroxylation is 1. The Hall–Kier alpha value is -3.28. The number of anilines is 1. The molecule has 2 aromatic carbocycles. The Morgan fingerprint density at radius 1 is 1.18 bits per heavy atom. The normalized spacial score (nSPS) is 15.6. The van der Waals surface area contributed by atoms with Crippen molar-refractivity contribution in [1.82, 2.24) is 9.78 Å². The van der Waals surface area contributed by atoms with Gasteiger partial charge in [0.05, 0.1) is 19.9 Å². The summed E-state index contributed by atoms with van der Waals surface area (Å²) in [6.45, 7) is 0.568. The van der Waals surface area contributed by atoms with Crippen LogP contribution in [-0.2, 0) is 18.3 Å². The Morgan fingerprint density at radius 2 is 2.00 bits per heavy atom. The molecular formula is C22H23N3O3. The second-order valence-electron chi connectivity index (χ2n) is 6.87. The molecule has 1 amide bonds. The summed E-state index contributed by atoms with van der Waals surface area (Å²) in [6, 6.07) is 16.1. The van der Waals surface area contributed by atoms with Crippen LogP contribution in [-0.4, -0.2) is 29.4 Å². The number of amides is 1. The molecule has 1 N–H and O–H groups in total. The lowest BCUT2D eigenvalue weighted by Crippen LogP contribution is -2.24. The van der Waals surface area contributed by atoms with Gasteiger partial charge in [0, 0.05) is 31.4 Å². The monoisotopic (exact) mass is 377 g/mol. The van der Waals surface area contributed by atoms with Crippen molar-refractivity contribution in [2.45, 2.75) is 18.8 Å². The molecule has 28 heavy (non-hydrogen) atoms. The predicted octanol–water partition coefficient (Wildman–Crippen LogP) is 3.52. The highest BCUT2D eigenvalue weighted by atomic mass is 16.5. The molecule has 0 spiro atoms. The number of nitrogens with zero attached hydrogens (tertiary/aromatic N) is 2. The van der Waals surface area contributed by atoms with Crippen LogP contribution >= 0.6 is 0 Å². The van der Waals surface area contributed by atoms with E-state index in [0.717, 1.165) is 23.4 Å². The van der Waals surface area contributed by atoms with Gasteiger partial charge in [0.15, 0.2) is 11.5 Å². The second kappa shape index (κ2) is 7.76. The summed E-state index contributed by atoms with van der Waals surface area (Å²) in [7, 11) is 3.46. The Kier molecular flexibility index (Phi) is 5.02. The highest BCUT2D eigenvalue weighted by molar-refractivity contribution is 5.94. The van der Waals surface area contributed by atoms with E-state index in [0.29, 0.717) is 24.5 Å². The SMILES string of the molecule is COc1cc([C@H]2CC(=O)Nc3c2cnn3C)ccc1OCCc1ccccc1. The highest BCUT2D eigenvalue weighted by Gasteiger charge is 2.29. The fraction of sp³-hybridized carbons (Fsp3) is 0.273. The van der Waals surface area contributed by atoms with E-state index in [1.54, 1.807) is 11.8 Å². The summed E-state index contributed by atoms with van der Waals surface area (Å²) in [5.41, 5.74) is 3.26. The summed E-state index contributed by atoms with van der Waals surface area (Å²) in [6.07, 6.45) is 3.03. The van der Waals surface area contributed by atoms with Gasteiger partial charge in [-0.05, 0) is 23.3 Å². The number of methoxy groups -OCH3 is 1. The van der Waals surface area contributed by atoms with E-state index in [9.17, 15) is 4.79 Å². The van der Waals surface area contributed by atoms with E-state index in [1.807, 2.05) is 49.6 Å². The third-order valence-corrected chi connectivity index (χ3v) is 5.07. The number of hydrogen-bond donors (Lipinski definition) is 1. The minimum atomic E-state index is -0.0512. The summed E-state index contributed by atoms with van der Waals surface area (Å²) in [5, 5.41) is 7.18. The zero-order chi connectivity index (χ0) is 19.5. The highest BCUT2D eigenvalue weighted by Crippen LogP contribution is 2.39. The van der Waals surface area contributed by atoms with Crippen LogP contribution in [0, 0.1) is 0 Å². The standard InChI is InChI=1S/C22H23N3O3/c1-25-22-18(14-23-25)17(13-21(26)24-22)16-8-9-19(20(12-16)27-2)28-11-10-15-6-4-3-5-7-15/h3-9,12,14,17H,10-11,13H2,1-2H3,(H,24,26)/t17-/m1/s1. The van der Waals surface area contributed by atoms with Crippen LogP contribution in [0.15, 0.2) is 54.7 Å². The van der Waals surface area contributed by atoms with Gasteiger partial charge in [-0.1, -0.05) is 36.4 Å². The molecule has 0 radical (unpaired) electrons. The molecule has 0 saturated heterocycles. The Morgan fingerprint density at radius 3 is 2.79 bits per heavy atom. The number of nitrogens with one attached hydrogen (secondary N) is 1. The fourth-order valence-electron chi connectivity index (χ4n) is 3.58. The van der Waals surface area contributed by atoms with Crippen molar-refractivity contribution in [2.75, 3.05) is 19.0 Å². The zero-order valence-electron chi connectivity index (χ0n) is 16.0. The minimum absolute atomic E-state index is 0.0109. The molecule has 1 aliphatic rings. The van der Waals surface area contributed by atoms with Crippen molar-refractivity contribution in [3.05, 3.63) is 71.4 Å². The van der Waals surface area contributed by atoms with E-state index < -0.39 is 0 Å². The first-order chi connectivity index (χ1) is 13.7. The Labute approximate surface area is 164 Å². The lowest BCUT2D eigenvalue weighted by molar-refractivity contribution is -0.116. The Bertz CT molecular complexity index is 982. The first-order valence-corrected chi connectivity index (χ1v) is 9.32. The van der Waals surface area contributed by atoms with E-state index in [2.05, 4.69) is 22.5 Å². The molecule has 0 bridgehead atoms. The van der Waals surface area contributed by atoms with Gasteiger partial charge in [-0.15, -0.1) is 0 Å². The minimum Gasteiger partial charge on any atom is -0.493 e. The molecule has 6 nitrogen and oxygen atoms in total. The number of aromatic nitrogens is 2. The molecule has 2 heterocycles. The van der Waals surface area contributed by atoms with Gasteiger partial charge in [-0.3, -0.25) is 9.48 Å². The molecule has 144 valence electrons. The van der Waals surface area contributed by atoms with Gasteiger partial charge in [-0.2, -0.15) is 5.10 Å². The molecular weight excluding hydrogens is 354 g/mol. The molecule has 4 rings (SSSR count). The van der Waals surface area contributed by atoms with Crippen molar-refractivity contribution >= 4 is 11.7 Å².